The first-order chi connectivity index (χ1) is 24.6. The van der Waals surface area contributed by atoms with Crippen molar-refractivity contribution in [2.75, 3.05) is 54.9 Å². The van der Waals surface area contributed by atoms with Gasteiger partial charge in [-0.15, -0.1) is 11.3 Å². The lowest BCUT2D eigenvalue weighted by molar-refractivity contribution is 0.107. The van der Waals surface area contributed by atoms with E-state index in [0.717, 1.165) is 49.9 Å². The molecule has 3 saturated heterocycles. The number of nitrogen functional groups attached to an aromatic ring is 1. The number of anilines is 3. The van der Waals surface area contributed by atoms with E-state index < -0.39 is 6.17 Å². The molecule has 5 aliphatic rings. The Morgan fingerprint density at radius 3 is 2.57 bits per heavy atom. The van der Waals surface area contributed by atoms with Gasteiger partial charge in [0, 0.05) is 56.5 Å². The minimum absolute atomic E-state index is 0.159. The number of thiophene rings is 1. The second-order valence-corrected chi connectivity index (χ2v) is 16.1. The largest absolute Gasteiger partial charge is 0.461 e. The molecule has 2 N–H and O–H groups in total. The van der Waals surface area contributed by atoms with Crippen LogP contribution in [-0.4, -0.2) is 90.5 Å². The molecule has 1 spiro atoms. The van der Waals surface area contributed by atoms with Gasteiger partial charge in [0.25, 0.3) is 0 Å². The summed E-state index contributed by atoms with van der Waals surface area (Å²) in [4.78, 5) is 21.9. The van der Waals surface area contributed by atoms with Gasteiger partial charge in [-0.25, -0.2) is 14.1 Å². The topological polar surface area (TPSA) is 167 Å². The first kappa shape index (κ1) is 32.4. The van der Waals surface area contributed by atoms with E-state index in [2.05, 4.69) is 36.9 Å². The van der Waals surface area contributed by atoms with Crippen molar-refractivity contribution in [1.82, 2.24) is 39.4 Å². The van der Waals surface area contributed by atoms with Crippen LogP contribution >= 0.6 is 22.9 Å². The number of aromatic nitrogens is 7. The van der Waals surface area contributed by atoms with Crippen LogP contribution in [0.1, 0.15) is 65.2 Å². The Bertz CT molecular complexity index is 2160. The molecule has 0 saturated carbocycles. The number of nitrogens with zero attached hydrogens (tertiary/aromatic N) is 12. The summed E-state index contributed by atoms with van der Waals surface area (Å²) in [5.41, 5.74) is 8.96. The fourth-order valence-electron chi connectivity index (χ4n) is 9.19. The van der Waals surface area contributed by atoms with E-state index in [9.17, 15) is 14.9 Å². The molecule has 4 aliphatic heterocycles. The Hall–Kier alpha value is -4.51. The lowest BCUT2D eigenvalue weighted by atomic mass is 9.74. The number of hydrogen-bond donors (Lipinski definition) is 1. The molecule has 4 aromatic heterocycles. The SMILES string of the molecule is Cc1nc(-c2nn3c(c2Cl)CN(c2nc(OC[C@@]45CCCN4C[C@H](F)C5)nc(N4CC5(CCc6sc(N)c(C#N)c65)C4)c2C#N)CCC3)n(C)n1. The zero-order valence-electron chi connectivity index (χ0n) is 28.5. The molecule has 8 heterocycles. The van der Waals surface area contributed by atoms with Crippen molar-refractivity contribution < 1.29 is 9.13 Å². The van der Waals surface area contributed by atoms with Crippen LogP contribution in [0, 0.1) is 29.6 Å². The highest BCUT2D eigenvalue weighted by atomic mass is 35.5. The number of alkyl halides is 1. The molecule has 1 aliphatic carbocycles. The molecule has 0 amide bonds. The van der Waals surface area contributed by atoms with Gasteiger partial charge >= 0.3 is 6.01 Å². The van der Waals surface area contributed by atoms with Gasteiger partial charge in [-0.05, 0) is 51.1 Å². The molecular weight excluding hydrogens is 693 g/mol. The summed E-state index contributed by atoms with van der Waals surface area (Å²) < 4.78 is 24.7. The third kappa shape index (κ3) is 4.98. The molecule has 264 valence electrons. The third-order valence-corrected chi connectivity index (χ3v) is 12.9. The average molecular weight is 730 g/mol. The number of nitrogens with two attached hydrogens (primary N) is 1. The number of nitriles is 2. The van der Waals surface area contributed by atoms with Crippen molar-refractivity contribution in [3.8, 4) is 29.7 Å². The van der Waals surface area contributed by atoms with Crippen LogP contribution in [-0.2, 0) is 32.0 Å². The number of hydrogen-bond acceptors (Lipinski definition) is 13. The Morgan fingerprint density at radius 2 is 1.82 bits per heavy atom. The second-order valence-electron chi connectivity index (χ2n) is 14.6. The van der Waals surface area contributed by atoms with E-state index in [1.807, 2.05) is 18.7 Å². The highest BCUT2D eigenvalue weighted by molar-refractivity contribution is 7.16. The smallest absolute Gasteiger partial charge is 0.320 e. The van der Waals surface area contributed by atoms with Crippen LogP contribution in [0.25, 0.3) is 11.5 Å². The Balaban J connectivity index is 1.08. The Morgan fingerprint density at radius 1 is 1.04 bits per heavy atom. The molecule has 2 atom stereocenters. The van der Waals surface area contributed by atoms with Crippen LogP contribution in [0.5, 0.6) is 6.01 Å². The molecule has 14 nitrogen and oxygen atoms in total. The van der Waals surface area contributed by atoms with Gasteiger partial charge in [0.05, 0.1) is 28.4 Å². The van der Waals surface area contributed by atoms with Crippen LogP contribution in [0.3, 0.4) is 0 Å². The fourth-order valence-corrected chi connectivity index (χ4v) is 10.6. The number of aryl methyl sites for hydroxylation is 4. The molecule has 9 rings (SSSR count). The van der Waals surface area contributed by atoms with E-state index in [1.54, 1.807) is 4.68 Å². The van der Waals surface area contributed by atoms with Crippen molar-refractivity contribution in [3.63, 3.8) is 0 Å². The van der Waals surface area contributed by atoms with E-state index in [1.165, 1.54) is 16.2 Å². The summed E-state index contributed by atoms with van der Waals surface area (Å²) in [5.74, 6) is 2.16. The summed E-state index contributed by atoms with van der Waals surface area (Å²) in [6.07, 6.45) is 3.90. The normalized spacial score (nSPS) is 23.5. The summed E-state index contributed by atoms with van der Waals surface area (Å²) in [7, 11) is 1.82. The maximum Gasteiger partial charge on any atom is 0.320 e. The van der Waals surface area contributed by atoms with Crippen molar-refractivity contribution in [1.29, 1.82) is 10.5 Å². The van der Waals surface area contributed by atoms with Crippen LogP contribution in [0.2, 0.25) is 5.02 Å². The second kappa shape index (κ2) is 11.8. The van der Waals surface area contributed by atoms with E-state index in [0.29, 0.717) is 95.8 Å². The summed E-state index contributed by atoms with van der Waals surface area (Å²) in [6.45, 7) is 6.11. The number of rotatable bonds is 6. The molecule has 17 heteroatoms. The van der Waals surface area contributed by atoms with Crippen molar-refractivity contribution in [2.24, 2.45) is 7.05 Å². The van der Waals surface area contributed by atoms with Crippen LogP contribution in [0.15, 0.2) is 0 Å². The fraction of sp³-hybridized carbons (Fsp3) is 0.559. The van der Waals surface area contributed by atoms with Gasteiger partial charge < -0.3 is 20.3 Å². The standard InChI is InChI=1S/C34H37ClFN13OS/c1-19-40-31(45(2)43-19)27-26(35)23-15-46(8-4-10-49(23)44-27)29-22(13-38)30(42-32(41-29)50-18-34-6-3-9-48(34)14-20(36)11-34)47-16-33(17-47)7-5-24-25(33)21(12-37)28(39)51-24/h20H,3-11,14-18,39H2,1-2H3/t20-,34+/m1/s1. The first-order valence-electron chi connectivity index (χ1n) is 17.4. The molecular formula is C34H37ClFN13OS. The van der Waals surface area contributed by atoms with Crippen molar-refractivity contribution in [3.05, 3.63) is 38.1 Å². The minimum Gasteiger partial charge on any atom is -0.461 e. The maximum atomic E-state index is 14.6. The monoisotopic (exact) mass is 729 g/mol. The van der Waals surface area contributed by atoms with Crippen molar-refractivity contribution >= 4 is 39.6 Å². The third-order valence-electron chi connectivity index (χ3n) is 11.5. The minimum atomic E-state index is -0.887. The van der Waals surface area contributed by atoms with Gasteiger partial charge in [0.15, 0.2) is 17.5 Å². The lowest BCUT2D eigenvalue weighted by Crippen LogP contribution is -2.59. The van der Waals surface area contributed by atoms with E-state index in [4.69, 9.17) is 37.1 Å². The van der Waals surface area contributed by atoms with Gasteiger partial charge in [0.1, 0.15) is 47.0 Å². The molecule has 0 radical (unpaired) electrons. The number of fused-ring (bicyclic) bond motifs is 4. The zero-order valence-corrected chi connectivity index (χ0v) is 30.1. The zero-order chi connectivity index (χ0) is 35.2. The van der Waals surface area contributed by atoms with E-state index in [-0.39, 0.29) is 23.6 Å². The highest BCUT2D eigenvalue weighted by Crippen LogP contribution is 2.53. The van der Waals surface area contributed by atoms with Crippen molar-refractivity contribution in [2.45, 2.75) is 75.7 Å². The predicted octanol–water partition coefficient (Wildman–Crippen LogP) is 3.89. The Labute approximate surface area is 303 Å². The summed E-state index contributed by atoms with van der Waals surface area (Å²) in [6, 6.07) is 4.93. The number of ether oxygens (including phenoxy) is 1. The van der Waals surface area contributed by atoms with Gasteiger partial charge in [-0.1, -0.05) is 11.6 Å². The van der Waals surface area contributed by atoms with Crippen LogP contribution in [0.4, 0.5) is 21.0 Å². The van der Waals surface area contributed by atoms with Crippen LogP contribution < -0.4 is 20.3 Å². The van der Waals surface area contributed by atoms with Gasteiger partial charge in [-0.2, -0.15) is 30.7 Å². The molecule has 3 fully saturated rings. The molecule has 51 heavy (non-hydrogen) atoms. The predicted molar refractivity (Wildman–Crippen MR) is 189 cm³/mol. The number of halogens is 2. The quantitative estimate of drug-likeness (QED) is 0.305. The first-order valence-corrected chi connectivity index (χ1v) is 18.6. The molecule has 4 aromatic rings. The molecule has 0 bridgehead atoms. The summed E-state index contributed by atoms with van der Waals surface area (Å²) >= 11 is 8.54. The maximum absolute atomic E-state index is 14.6. The van der Waals surface area contributed by atoms with Gasteiger partial charge in [-0.3, -0.25) is 9.58 Å². The van der Waals surface area contributed by atoms with Gasteiger partial charge in [0.2, 0.25) is 0 Å². The van der Waals surface area contributed by atoms with E-state index >= 15 is 0 Å². The molecule has 0 unspecified atom stereocenters. The molecule has 0 aromatic carbocycles. The highest BCUT2D eigenvalue weighted by Gasteiger charge is 2.53. The summed E-state index contributed by atoms with van der Waals surface area (Å²) in [5, 5.41) is 31.0. The average Bonchev–Trinajstić information content (AvgIpc) is 3.89. The lowest BCUT2D eigenvalue weighted by Gasteiger charge is -2.49. The Kier molecular flexibility index (Phi) is 7.47.